The van der Waals surface area contributed by atoms with Crippen molar-refractivity contribution in [1.82, 2.24) is 4.90 Å². The molecular weight excluding hydrogens is 233 g/mol. The van der Waals surface area contributed by atoms with E-state index in [2.05, 4.69) is 4.74 Å². The van der Waals surface area contributed by atoms with Gasteiger partial charge in [0.05, 0.1) is 7.11 Å². The lowest BCUT2D eigenvalue weighted by atomic mass is 10.2. The van der Waals surface area contributed by atoms with Gasteiger partial charge >= 0.3 is 5.97 Å². The fourth-order valence-electron chi connectivity index (χ4n) is 1.52. The molecule has 0 N–H and O–H groups in total. The summed E-state index contributed by atoms with van der Waals surface area (Å²) in [5.74, 6) is -0.549. The van der Waals surface area contributed by atoms with Crippen LogP contribution in [-0.4, -0.2) is 31.6 Å². The van der Waals surface area contributed by atoms with Crippen LogP contribution >= 0.6 is 0 Å². The van der Waals surface area contributed by atoms with E-state index in [1.54, 1.807) is 25.1 Å². The molecular formula is C14H18FNO2. The van der Waals surface area contributed by atoms with Crippen LogP contribution in [0.2, 0.25) is 0 Å². The van der Waals surface area contributed by atoms with Crippen LogP contribution in [0.5, 0.6) is 0 Å². The number of nitrogens with zero attached hydrogens (tertiary/aromatic N) is 1. The minimum Gasteiger partial charge on any atom is -0.466 e. The van der Waals surface area contributed by atoms with E-state index in [0.717, 1.165) is 0 Å². The summed E-state index contributed by atoms with van der Waals surface area (Å²) in [6, 6.07) is 6.67. The zero-order valence-electron chi connectivity index (χ0n) is 10.9. The molecule has 0 bridgehead atoms. The Kier molecular flexibility index (Phi) is 5.52. The highest BCUT2D eigenvalue weighted by Crippen LogP contribution is 2.09. The predicted molar refractivity (Wildman–Crippen MR) is 68.5 cm³/mol. The number of ether oxygens (including phenoxy) is 1. The second kappa shape index (κ2) is 6.91. The summed E-state index contributed by atoms with van der Waals surface area (Å²) < 4.78 is 18.0. The van der Waals surface area contributed by atoms with Crippen LogP contribution in [0.4, 0.5) is 4.39 Å². The van der Waals surface area contributed by atoms with Gasteiger partial charge in [0.2, 0.25) is 0 Å². The van der Waals surface area contributed by atoms with E-state index in [-0.39, 0.29) is 11.8 Å². The summed E-state index contributed by atoms with van der Waals surface area (Å²) in [7, 11) is 3.22. The minimum absolute atomic E-state index is 0.210. The Morgan fingerprint density at radius 2 is 2.11 bits per heavy atom. The van der Waals surface area contributed by atoms with E-state index in [9.17, 15) is 9.18 Å². The molecule has 0 spiro atoms. The monoisotopic (exact) mass is 251 g/mol. The fourth-order valence-corrected chi connectivity index (χ4v) is 1.52. The topological polar surface area (TPSA) is 29.5 Å². The molecule has 0 atom stereocenters. The highest BCUT2D eigenvalue weighted by molar-refractivity contribution is 5.87. The molecule has 1 aromatic carbocycles. The highest BCUT2D eigenvalue weighted by atomic mass is 19.1. The minimum atomic E-state index is -0.339. The van der Waals surface area contributed by atoms with Gasteiger partial charge in [-0.25, -0.2) is 9.18 Å². The van der Waals surface area contributed by atoms with Crippen molar-refractivity contribution in [2.45, 2.75) is 13.5 Å². The van der Waals surface area contributed by atoms with E-state index < -0.39 is 0 Å². The Hall–Kier alpha value is -1.68. The van der Waals surface area contributed by atoms with Crippen molar-refractivity contribution in [2.75, 3.05) is 20.7 Å². The summed E-state index contributed by atoms with van der Waals surface area (Å²) in [4.78, 5) is 13.1. The van der Waals surface area contributed by atoms with Gasteiger partial charge in [0.1, 0.15) is 5.82 Å². The maximum absolute atomic E-state index is 13.4. The zero-order chi connectivity index (χ0) is 13.5. The molecule has 0 heterocycles. The molecule has 0 amide bonds. The first-order valence-corrected chi connectivity index (χ1v) is 5.71. The molecule has 0 saturated heterocycles. The number of hydrogen-bond acceptors (Lipinski definition) is 3. The number of carbonyl (C=O) groups excluding carboxylic acids is 1. The highest BCUT2D eigenvalue weighted by Gasteiger charge is 2.06. The molecule has 0 aromatic heterocycles. The number of rotatable bonds is 5. The number of esters is 1. The predicted octanol–water partition coefficient (Wildman–Crippen LogP) is 2.38. The van der Waals surface area contributed by atoms with E-state index >= 15 is 0 Å². The average molecular weight is 251 g/mol. The second-order valence-corrected chi connectivity index (χ2v) is 4.17. The van der Waals surface area contributed by atoms with Crippen molar-refractivity contribution in [3.05, 3.63) is 47.3 Å². The number of methoxy groups -OCH3 is 1. The van der Waals surface area contributed by atoms with Crippen LogP contribution < -0.4 is 0 Å². The molecule has 0 aliphatic rings. The number of likely N-dealkylation sites (N-methyl/N-ethyl adjacent to an activating group) is 1. The third-order valence-corrected chi connectivity index (χ3v) is 2.61. The first kappa shape index (κ1) is 14.4. The molecule has 4 heteroatoms. The summed E-state index contributed by atoms with van der Waals surface area (Å²) in [5.41, 5.74) is 1.20. The van der Waals surface area contributed by atoms with E-state index in [1.165, 1.54) is 13.2 Å². The molecule has 18 heavy (non-hydrogen) atoms. The lowest BCUT2D eigenvalue weighted by Gasteiger charge is -2.15. The lowest BCUT2D eigenvalue weighted by molar-refractivity contribution is -0.136. The SMILES string of the molecule is COC(=O)C(C)=CCN(C)Cc1ccccc1F. The molecule has 0 aliphatic carbocycles. The van der Waals surface area contributed by atoms with Crippen LogP contribution in [-0.2, 0) is 16.1 Å². The van der Waals surface area contributed by atoms with E-state index in [0.29, 0.717) is 24.2 Å². The quantitative estimate of drug-likeness (QED) is 0.594. The average Bonchev–Trinajstić information content (AvgIpc) is 2.37. The molecule has 3 nitrogen and oxygen atoms in total. The normalized spacial score (nSPS) is 11.7. The Labute approximate surface area is 107 Å². The first-order valence-electron chi connectivity index (χ1n) is 5.71. The van der Waals surface area contributed by atoms with Gasteiger partial charge in [-0.2, -0.15) is 0 Å². The third-order valence-electron chi connectivity index (χ3n) is 2.61. The standard InChI is InChI=1S/C14H18FNO2/c1-11(14(17)18-3)8-9-16(2)10-12-6-4-5-7-13(12)15/h4-8H,9-10H2,1-3H3. The van der Waals surface area contributed by atoms with Crippen LogP contribution in [0.1, 0.15) is 12.5 Å². The Bertz CT molecular complexity index is 443. The van der Waals surface area contributed by atoms with Gasteiger partial charge < -0.3 is 4.74 Å². The van der Waals surface area contributed by atoms with Crippen molar-refractivity contribution < 1.29 is 13.9 Å². The van der Waals surface area contributed by atoms with Crippen molar-refractivity contribution in [3.8, 4) is 0 Å². The first-order chi connectivity index (χ1) is 8.54. The zero-order valence-corrected chi connectivity index (χ0v) is 10.9. The smallest absolute Gasteiger partial charge is 0.333 e. The molecule has 98 valence electrons. The van der Waals surface area contributed by atoms with Crippen LogP contribution in [0, 0.1) is 5.82 Å². The number of hydrogen-bond donors (Lipinski definition) is 0. The molecule has 0 unspecified atom stereocenters. The van der Waals surface area contributed by atoms with Crippen LogP contribution in [0.25, 0.3) is 0 Å². The Balaban J connectivity index is 2.55. The van der Waals surface area contributed by atoms with E-state index in [1.807, 2.05) is 18.0 Å². The van der Waals surface area contributed by atoms with Gasteiger partial charge in [0.25, 0.3) is 0 Å². The molecule has 1 aromatic rings. The summed E-state index contributed by atoms with van der Waals surface area (Å²) >= 11 is 0. The molecule has 0 radical (unpaired) electrons. The molecule has 0 aliphatic heterocycles. The summed E-state index contributed by atoms with van der Waals surface area (Å²) in [6.45, 7) is 2.76. The van der Waals surface area contributed by atoms with Crippen molar-refractivity contribution >= 4 is 5.97 Å². The van der Waals surface area contributed by atoms with Crippen LogP contribution in [0.15, 0.2) is 35.9 Å². The van der Waals surface area contributed by atoms with Gasteiger partial charge in [0, 0.05) is 24.2 Å². The van der Waals surface area contributed by atoms with Gasteiger partial charge in [-0.15, -0.1) is 0 Å². The van der Waals surface area contributed by atoms with Crippen molar-refractivity contribution in [3.63, 3.8) is 0 Å². The number of carbonyl (C=O) groups is 1. The number of halogens is 1. The third kappa shape index (κ3) is 4.30. The van der Waals surface area contributed by atoms with Gasteiger partial charge in [0.15, 0.2) is 0 Å². The van der Waals surface area contributed by atoms with Crippen molar-refractivity contribution in [1.29, 1.82) is 0 Å². The van der Waals surface area contributed by atoms with Gasteiger partial charge in [-0.05, 0) is 20.0 Å². The van der Waals surface area contributed by atoms with Crippen molar-refractivity contribution in [2.24, 2.45) is 0 Å². The Morgan fingerprint density at radius 1 is 1.44 bits per heavy atom. The van der Waals surface area contributed by atoms with E-state index in [4.69, 9.17) is 0 Å². The number of benzene rings is 1. The largest absolute Gasteiger partial charge is 0.466 e. The molecule has 1 rings (SSSR count). The maximum Gasteiger partial charge on any atom is 0.333 e. The molecule has 0 fully saturated rings. The van der Waals surface area contributed by atoms with Gasteiger partial charge in [-0.1, -0.05) is 24.3 Å². The summed E-state index contributed by atoms with van der Waals surface area (Å²) in [5, 5.41) is 0. The lowest BCUT2D eigenvalue weighted by Crippen LogP contribution is -2.19. The molecule has 0 saturated carbocycles. The van der Waals surface area contributed by atoms with Crippen LogP contribution in [0.3, 0.4) is 0 Å². The van der Waals surface area contributed by atoms with Gasteiger partial charge in [-0.3, -0.25) is 4.90 Å². The Morgan fingerprint density at radius 3 is 2.72 bits per heavy atom. The maximum atomic E-state index is 13.4. The second-order valence-electron chi connectivity index (χ2n) is 4.17. The fraction of sp³-hybridized carbons (Fsp3) is 0.357. The summed E-state index contributed by atoms with van der Waals surface area (Å²) in [6.07, 6.45) is 1.77.